The zero-order valence-corrected chi connectivity index (χ0v) is 14.7. The van der Waals surface area contributed by atoms with Crippen molar-refractivity contribution in [3.05, 3.63) is 40.5 Å². The van der Waals surface area contributed by atoms with Gasteiger partial charge >= 0.3 is 0 Å². The molecule has 0 bridgehead atoms. The first-order valence-corrected chi connectivity index (χ1v) is 9.73. The summed E-state index contributed by atoms with van der Waals surface area (Å²) in [6.45, 7) is 1.61. The van der Waals surface area contributed by atoms with Crippen molar-refractivity contribution in [3.8, 4) is 11.3 Å². The van der Waals surface area contributed by atoms with Crippen LogP contribution < -0.4 is 4.80 Å². The Morgan fingerprint density at radius 1 is 1.12 bits per heavy atom. The van der Waals surface area contributed by atoms with Crippen molar-refractivity contribution < 1.29 is 4.74 Å². The predicted octanol–water partition coefficient (Wildman–Crippen LogP) is 4.07. The van der Waals surface area contributed by atoms with Gasteiger partial charge in [0.15, 0.2) is 0 Å². The molecule has 2 fully saturated rings. The molecule has 2 aliphatic rings. The summed E-state index contributed by atoms with van der Waals surface area (Å²) < 4.78 is 7.76. The smallest absolute Gasteiger partial charge is 0.206 e. The normalized spacial score (nSPS) is 21.6. The number of nitrogens with zero attached hydrogens (tertiary/aromatic N) is 3. The molecule has 0 unspecified atom stereocenters. The minimum atomic E-state index is 0.278. The highest BCUT2D eigenvalue weighted by molar-refractivity contribution is 7.07. The Kier molecular flexibility index (Phi) is 4.90. The van der Waals surface area contributed by atoms with Crippen LogP contribution in [0.25, 0.3) is 11.3 Å². The van der Waals surface area contributed by atoms with Crippen LogP contribution in [0.15, 0.2) is 45.8 Å². The molecule has 0 radical (unpaired) electrons. The zero-order chi connectivity index (χ0) is 16.2. The predicted molar refractivity (Wildman–Crippen MR) is 98.5 cm³/mol. The van der Waals surface area contributed by atoms with Crippen molar-refractivity contribution in [2.45, 2.75) is 44.6 Å². The van der Waals surface area contributed by atoms with E-state index in [1.54, 1.807) is 11.3 Å². The summed E-state index contributed by atoms with van der Waals surface area (Å²) >= 11 is 1.67. The van der Waals surface area contributed by atoms with Gasteiger partial charge in [0.2, 0.25) is 4.80 Å². The molecule has 126 valence electrons. The third kappa shape index (κ3) is 3.52. The van der Waals surface area contributed by atoms with Crippen LogP contribution in [-0.4, -0.2) is 29.6 Å². The van der Waals surface area contributed by atoms with Crippen LogP contribution in [0.4, 0.5) is 0 Å². The molecule has 1 aliphatic heterocycles. The molecule has 1 aliphatic carbocycles. The third-order valence-electron chi connectivity index (χ3n) is 4.63. The molecule has 5 heteroatoms. The first kappa shape index (κ1) is 15.8. The maximum absolute atomic E-state index is 5.71. The van der Waals surface area contributed by atoms with Gasteiger partial charge in [-0.1, -0.05) is 30.3 Å². The molecule has 0 amide bonds. The minimum absolute atomic E-state index is 0.278. The Morgan fingerprint density at radius 3 is 2.71 bits per heavy atom. The van der Waals surface area contributed by atoms with E-state index < -0.39 is 0 Å². The van der Waals surface area contributed by atoms with E-state index in [-0.39, 0.29) is 6.10 Å². The molecule has 0 spiro atoms. The van der Waals surface area contributed by atoms with E-state index in [2.05, 4.69) is 34.3 Å². The number of hydrogen-bond acceptors (Lipinski definition) is 4. The van der Waals surface area contributed by atoms with Gasteiger partial charge in [-0.3, -0.25) is 4.99 Å². The number of aromatic nitrogens is 1. The number of benzene rings is 1. The van der Waals surface area contributed by atoms with Crippen LogP contribution in [-0.2, 0) is 4.74 Å². The molecule has 0 N–H and O–H groups in total. The second kappa shape index (κ2) is 7.45. The minimum Gasteiger partial charge on any atom is -0.376 e. The van der Waals surface area contributed by atoms with Crippen LogP contribution in [0, 0.1) is 0 Å². The number of thiazole rings is 1. The van der Waals surface area contributed by atoms with Gasteiger partial charge in [0.05, 0.1) is 18.3 Å². The molecule has 1 aromatic heterocycles. The lowest BCUT2D eigenvalue weighted by molar-refractivity contribution is 0.117. The lowest BCUT2D eigenvalue weighted by Crippen LogP contribution is -2.18. The standard InChI is InChI=1S/C19H23N3OS/c1-2-7-15(8-3-1)18-14-24-19(20-13-17-11-6-12-23-17)22(18)21-16-9-4-5-10-16/h1-3,7-8,14,17H,4-6,9-13H2/t17-/m0/s1. The van der Waals surface area contributed by atoms with Gasteiger partial charge in [0, 0.05) is 23.3 Å². The van der Waals surface area contributed by atoms with E-state index >= 15 is 0 Å². The molecular weight excluding hydrogens is 318 g/mol. The Morgan fingerprint density at radius 2 is 1.96 bits per heavy atom. The van der Waals surface area contributed by atoms with Crippen LogP contribution in [0.5, 0.6) is 0 Å². The lowest BCUT2D eigenvalue weighted by Gasteiger charge is -2.06. The second-order valence-electron chi connectivity index (χ2n) is 6.43. The molecule has 4 nitrogen and oxygen atoms in total. The molecule has 2 aromatic rings. The first-order chi connectivity index (χ1) is 11.9. The topological polar surface area (TPSA) is 38.9 Å². The van der Waals surface area contributed by atoms with E-state index in [0.717, 1.165) is 49.3 Å². The fourth-order valence-corrected chi connectivity index (χ4v) is 4.15. The van der Waals surface area contributed by atoms with Crippen LogP contribution in [0.1, 0.15) is 38.5 Å². The molecule has 24 heavy (non-hydrogen) atoms. The fraction of sp³-hybridized carbons (Fsp3) is 0.474. The van der Waals surface area contributed by atoms with Gasteiger partial charge in [-0.25, -0.2) is 4.68 Å². The summed E-state index contributed by atoms with van der Waals surface area (Å²) in [5, 5.41) is 7.12. The summed E-state index contributed by atoms with van der Waals surface area (Å²) in [6, 6.07) is 10.5. The van der Waals surface area contributed by atoms with Crippen LogP contribution in [0.3, 0.4) is 0 Å². The van der Waals surface area contributed by atoms with Crippen LogP contribution in [0.2, 0.25) is 0 Å². The van der Waals surface area contributed by atoms with Gasteiger partial charge in [0.1, 0.15) is 0 Å². The lowest BCUT2D eigenvalue weighted by atomic mass is 10.2. The maximum Gasteiger partial charge on any atom is 0.206 e. The number of hydrogen-bond donors (Lipinski definition) is 0. The van der Waals surface area contributed by atoms with E-state index in [1.165, 1.54) is 24.1 Å². The van der Waals surface area contributed by atoms with Crippen LogP contribution >= 0.6 is 11.3 Å². The molecule has 1 aromatic carbocycles. The highest BCUT2D eigenvalue weighted by atomic mass is 32.1. The number of ether oxygens (including phenoxy) is 1. The largest absolute Gasteiger partial charge is 0.376 e. The fourth-order valence-electron chi connectivity index (χ4n) is 3.30. The quantitative estimate of drug-likeness (QED) is 0.826. The highest BCUT2D eigenvalue weighted by Gasteiger charge is 2.16. The van der Waals surface area contributed by atoms with Crippen molar-refractivity contribution >= 4 is 17.0 Å². The van der Waals surface area contributed by atoms with E-state index in [4.69, 9.17) is 14.8 Å². The third-order valence-corrected chi connectivity index (χ3v) is 5.49. The van der Waals surface area contributed by atoms with Crippen molar-refractivity contribution in [2.24, 2.45) is 10.1 Å². The molecule has 2 heterocycles. The van der Waals surface area contributed by atoms with E-state index in [1.807, 2.05) is 6.07 Å². The van der Waals surface area contributed by atoms with E-state index in [0.29, 0.717) is 0 Å². The molecule has 1 saturated carbocycles. The first-order valence-electron chi connectivity index (χ1n) is 8.85. The van der Waals surface area contributed by atoms with Gasteiger partial charge < -0.3 is 4.74 Å². The second-order valence-corrected chi connectivity index (χ2v) is 7.27. The van der Waals surface area contributed by atoms with Crippen molar-refractivity contribution in [2.75, 3.05) is 13.2 Å². The monoisotopic (exact) mass is 341 g/mol. The zero-order valence-electron chi connectivity index (χ0n) is 13.9. The molecular formula is C19H23N3OS. The maximum atomic E-state index is 5.71. The van der Waals surface area contributed by atoms with Gasteiger partial charge in [0.25, 0.3) is 0 Å². The SMILES string of the molecule is c1ccc(-c2csc(=NC[C@@H]3CCCO3)n2N=C2CCCC2)cc1. The number of rotatable bonds is 4. The van der Waals surface area contributed by atoms with Crippen molar-refractivity contribution in [1.29, 1.82) is 0 Å². The summed E-state index contributed by atoms with van der Waals surface area (Å²) in [4.78, 5) is 5.80. The average Bonchev–Trinajstić information content (AvgIpc) is 3.37. The van der Waals surface area contributed by atoms with E-state index in [9.17, 15) is 0 Å². The highest BCUT2D eigenvalue weighted by Crippen LogP contribution is 2.22. The summed E-state index contributed by atoms with van der Waals surface area (Å²) in [7, 11) is 0. The molecule has 1 saturated heterocycles. The summed E-state index contributed by atoms with van der Waals surface area (Å²) in [5.74, 6) is 0. The molecule has 4 rings (SSSR count). The summed E-state index contributed by atoms with van der Waals surface area (Å²) in [5.41, 5.74) is 3.62. The van der Waals surface area contributed by atoms with Gasteiger partial charge in [-0.2, -0.15) is 5.10 Å². The van der Waals surface area contributed by atoms with Crippen molar-refractivity contribution in [1.82, 2.24) is 4.68 Å². The van der Waals surface area contributed by atoms with Gasteiger partial charge in [-0.15, -0.1) is 11.3 Å². The van der Waals surface area contributed by atoms with Crippen molar-refractivity contribution in [3.63, 3.8) is 0 Å². The van der Waals surface area contributed by atoms with Gasteiger partial charge in [-0.05, 0) is 38.5 Å². The molecule has 1 atom stereocenters. The Balaban J connectivity index is 1.71. The Labute approximate surface area is 146 Å². The average molecular weight is 341 g/mol. The Hall–Kier alpha value is -1.72. The Bertz CT molecular complexity index is 761. The summed E-state index contributed by atoms with van der Waals surface area (Å²) in [6.07, 6.45) is 7.29.